The molecular formula is C9H9F3N2O2S. The van der Waals surface area contributed by atoms with Gasteiger partial charge in [-0.3, -0.25) is 0 Å². The molecule has 1 atom stereocenters. The van der Waals surface area contributed by atoms with Crippen molar-refractivity contribution in [3.63, 3.8) is 0 Å². The lowest BCUT2D eigenvalue weighted by atomic mass is 10.1. The summed E-state index contributed by atoms with van der Waals surface area (Å²) in [5.74, 6) is -1.36. The molecule has 2 N–H and O–H groups in total. The van der Waals surface area contributed by atoms with Gasteiger partial charge in [0.1, 0.15) is 4.88 Å². The molecule has 1 aliphatic rings. The van der Waals surface area contributed by atoms with Gasteiger partial charge >= 0.3 is 12.1 Å². The van der Waals surface area contributed by atoms with Crippen LogP contribution in [0.5, 0.6) is 0 Å². The van der Waals surface area contributed by atoms with Crippen molar-refractivity contribution in [2.45, 2.75) is 25.1 Å². The van der Waals surface area contributed by atoms with Crippen LogP contribution >= 0.6 is 11.3 Å². The molecule has 0 radical (unpaired) electrons. The summed E-state index contributed by atoms with van der Waals surface area (Å²) in [6, 6.07) is -0.381. The Morgan fingerprint density at radius 2 is 2.24 bits per heavy atom. The van der Waals surface area contributed by atoms with E-state index in [1.54, 1.807) is 0 Å². The minimum Gasteiger partial charge on any atom is -0.477 e. The van der Waals surface area contributed by atoms with Crippen LogP contribution in [0.15, 0.2) is 0 Å². The summed E-state index contributed by atoms with van der Waals surface area (Å²) < 4.78 is 37.4. The van der Waals surface area contributed by atoms with Crippen LogP contribution in [0.1, 0.15) is 39.3 Å². The van der Waals surface area contributed by atoms with Crippen LogP contribution in [-0.2, 0) is 6.18 Å². The first-order valence-corrected chi connectivity index (χ1v) is 5.76. The number of hydrogen-bond acceptors (Lipinski definition) is 4. The van der Waals surface area contributed by atoms with Crippen LogP contribution in [-0.4, -0.2) is 22.6 Å². The topological polar surface area (TPSA) is 62.2 Å². The summed E-state index contributed by atoms with van der Waals surface area (Å²) in [5, 5.41) is 10.7. The number of halogens is 3. The molecule has 8 heteroatoms. The maximum absolute atomic E-state index is 12.5. The molecule has 0 amide bonds. The number of hydrogen-bond donors (Lipinski definition) is 2. The third kappa shape index (κ3) is 2.42. The Morgan fingerprint density at radius 1 is 1.53 bits per heavy atom. The first kappa shape index (κ1) is 12.3. The fraction of sp³-hybridized carbons (Fsp3) is 0.556. The van der Waals surface area contributed by atoms with Crippen molar-refractivity contribution >= 4 is 17.3 Å². The lowest BCUT2D eigenvalue weighted by Crippen LogP contribution is -2.16. The highest BCUT2D eigenvalue weighted by molar-refractivity contribution is 7.13. The minimum atomic E-state index is -4.59. The molecule has 1 saturated heterocycles. The molecule has 94 valence electrons. The fourth-order valence-electron chi connectivity index (χ4n) is 1.76. The summed E-state index contributed by atoms with van der Waals surface area (Å²) in [5.41, 5.74) is 0.00678. The summed E-state index contributed by atoms with van der Waals surface area (Å²) >= 11 is 0.186. The van der Waals surface area contributed by atoms with Crippen LogP contribution < -0.4 is 5.32 Å². The van der Waals surface area contributed by atoms with Gasteiger partial charge in [-0.2, -0.15) is 13.2 Å². The van der Waals surface area contributed by atoms with Crippen molar-refractivity contribution in [1.82, 2.24) is 10.3 Å². The van der Waals surface area contributed by atoms with Gasteiger partial charge in [-0.05, 0) is 19.4 Å². The van der Waals surface area contributed by atoms with Crippen molar-refractivity contribution in [2.75, 3.05) is 6.54 Å². The predicted octanol–water partition coefficient (Wildman–Crippen LogP) is 2.28. The molecule has 0 bridgehead atoms. The van der Waals surface area contributed by atoms with Gasteiger partial charge in [0.25, 0.3) is 0 Å². The highest BCUT2D eigenvalue weighted by Gasteiger charge is 2.38. The lowest BCUT2D eigenvalue weighted by Gasteiger charge is -2.07. The second-order valence-corrected chi connectivity index (χ2v) is 4.68. The van der Waals surface area contributed by atoms with E-state index in [0.29, 0.717) is 13.0 Å². The standard InChI is InChI=1S/C9H9F3N2O2S/c10-9(11,12)8-14-5(4-2-1-3-13-4)6(17-8)7(15)16/h4,13H,1-3H2,(H,15,16). The number of carboxylic acid groups (broad SMARTS) is 1. The quantitative estimate of drug-likeness (QED) is 0.862. The van der Waals surface area contributed by atoms with Crippen molar-refractivity contribution in [3.8, 4) is 0 Å². The predicted molar refractivity (Wildman–Crippen MR) is 54.1 cm³/mol. The number of nitrogens with zero attached hydrogens (tertiary/aromatic N) is 1. The third-order valence-electron chi connectivity index (χ3n) is 2.48. The second kappa shape index (κ2) is 4.26. The number of thiazole rings is 1. The summed E-state index contributed by atoms with van der Waals surface area (Å²) in [7, 11) is 0. The zero-order valence-corrected chi connectivity index (χ0v) is 9.36. The largest absolute Gasteiger partial charge is 0.477 e. The van der Waals surface area contributed by atoms with Gasteiger partial charge in [-0.1, -0.05) is 0 Å². The summed E-state index contributed by atoms with van der Waals surface area (Å²) in [4.78, 5) is 14.0. The number of aromatic nitrogens is 1. The van der Waals surface area contributed by atoms with Gasteiger partial charge < -0.3 is 10.4 Å². The monoisotopic (exact) mass is 266 g/mol. The van der Waals surface area contributed by atoms with E-state index in [0.717, 1.165) is 6.42 Å². The van der Waals surface area contributed by atoms with Gasteiger partial charge in [0.15, 0.2) is 5.01 Å². The molecule has 0 aliphatic carbocycles. The smallest absolute Gasteiger partial charge is 0.443 e. The zero-order chi connectivity index (χ0) is 12.6. The van der Waals surface area contributed by atoms with Crippen LogP contribution in [0.25, 0.3) is 0 Å². The molecule has 4 nitrogen and oxygen atoms in total. The van der Waals surface area contributed by atoms with E-state index in [1.807, 2.05) is 0 Å². The third-order valence-corrected chi connectivity index (χ3v) is 3.58. The average molecular weight is 266 g/mol. The number of rotatable bonds is 2. The molecule has 17 heavy (non-hydrogen) atoms. The van der Waals surface area contributed by atoms with E-state index in [1.165, 1.54) is 0 Å². The average Bonchev–Trinajstić information content (AvgIpc) is 2.85. The number of nitrogens with one attached hydrogen (secondary N) is 1. The van der Waals surface area contributed by atoms with E-state index >= 15 is 0 Å². The minimum absolute atomic E-state index is 0.00678. The van der Waals surface area contributed by atoms with E-state index in [2.05, 4.69) is 10.3 Å². The first-order chi connectivity index (χ1) is 7.89. The molecule has 1 unspecified atom stereocenters. The highest BCUT2D eigenvalue weighted by Crippen LogP contribution is 2.37. The molecule has 2 heterocycles. The maximum atomic E-state index is 12.5. The van der Waals surface area contributed by atoms with Gasteiger partial charge in [0, 0.05) is 0 Å². The number of alkyl halides is 3. The Bertz CT molecular complexity index is 438. The lowest BCUT2D eigenvalue weighted by molar-refractivity contribution is -0.137. The Kier molecular flexibility index (Phi) is 3.09. The van der Waals surface area contributed by atoms with Gasteiger partial charge in [-0.15, -0.1) is 11.3 Å². The number of carboxylic acids is 1. The fourth-order valence-corrected chi connectivity index (χ4v) is 2.59. The van der Waals surface area contributed by atoms with E-state index in [-0.39, 0.29) is 27.9 Å². The zero-order valence-electron chi connectivity index (χ0n) is 8.54. The highest BCUT2D eigenvalue weighted by atomic mass is 32.1. The van der Waals surface area contributed by atoms with Crippen molar-refractivity contribution in [1.29, 1.82) is 0 Å². The van der Waals surface area contributed by atoms with Crippen LogP contribution in [0, 0.1) is 0 Å². The first-order valence-electron chi connectivity index (χ1n) is 4.94. The van der Waals surface area contributed by atoms with E-state index < -0.39 is 17.2 Å². The number of carbonyl (C=O) groups is 1. The van der Waals surface area contributed by atoms with Crippen molar-refractivity contribution < 1.29 is 23.1 Å². The molecule has 0 spiro atoms. The molecule has 1 aromatic heterocycles. The maximum Gasteiger partial charge on any atom is 0.443 e. The molecule has 1 aliphatic heterocycles. The Labute approximate surface area is 98.5 Å². The van der Waals surface area contributed by atoms with Gasteiger partial charge in [0.2, 0.25) is 0 Å². The Balaban J connectivity index is 2.42. The molecular weight excluding hydrogens is 257 g/mol. The van der Waals surface area contributed by atoms with Crippen molar-refractivity contribution in [3.05, 3.63) is 15.6 Å². The molecule has 2 rings (SSSR count). The molecule has 0 saturated carbocycles. The Morgan fingerprint density at radius 3 is 2.71 bits per heavy atom. The van der Waals surface area contributed by atoms with Crippen LogP contribution in [0.4, 0.5) is 13.2 Å². The second-order valence-electron chi connectivity index (χ2n) is 3.69. The molecule has 1 aromatic rings. The molecule has 0 aromatic carbocycles. The van der Waals surface area contributed by atoms with Crippen LogP contribution in [0.3, 0.4) is 0 Å². The van der Waals surface area contributed by atoms with Gasteiger partial charge in [0.05, 0.1) is 11.7 Å². The SMILES string of the molecule is O=C(O)c1sc(C(F)(F)F)nc1C1CCCN1. The Hall–Kier alpha value is -1.15. The van der Waals surface area contributed by atoms with Crippen molar-refractivity contribution in [2.24, 2.45) is 0 Å². The van der Waals surface area contributed by atoms with E-state index in [4.69, 9.17) is 5.11 Å². The van der Waals surface area contributed by atoms with Crippen LogP contribution in [0.2, 0.25) is 0 Å². The van der Waals surface area contributed by atoms with Gasteiger partial charge in [-0.25, -0.2) is 9.78 Å². The summed E-state index contributed by atoms with van der Waals surface area (Å²) in [6.45, 7) is 0.669. The number of aromatic carboxylic acids is 1. The summed E-state index contributed by atoms with van der Waals surface area (Å²) in [6.07, 6.45) is -3.17. The van der Waals surface area contributed by atoms with E-state index in [9.17, 15) is 18.0 Å². The molecule has 1 fully saturated rings. The normalized spacial score (nSPS) is 20.8.